The Kier molecular flexibility index (Phi) is 7.52. The van der Waals surface area contributed by atoms with E-state index in [9.17, 15) is 18.0 Å². The molecular formula is C23H23N3O6S. The highest BCUT2D eigenvalue weighted by molar-refractivity contribution is 7.92. The second kappa shape index (κ2) is 10.5. The maximum absolute atomic E-state index is 12.8. The first-order valence-electron chi connectivity index (χ1n) is 9.93. The predicted molar refractivity (Wildman–Crippen MR) is 123 cm³/mol. The fourth-order valence-corrected chi connectivity index (χ4v) is 3.98. The summed E-state index contributed by atoms with van der Waals surface area (Å²) in [6, 6.07) is 18.4. The van der Waals surface area contributed by atoms with Gasteiger partial charge in [-0.25, -0.2) is 8.42 Å². The average molecular weight is 470 g/mol. The quantitative estimate of drug-likeness (QED) is 0.436. The molecule has 0 atom stereocenters. The van der Waals surface area contributed by atoms with Gasteiger partial charge in [0.2, 0.25) is 0 Å². The first kappa shape index (κ1) is 23.6. The Morgan fingerprint density at radius 3 is 2.18 bits per heavy atom. The summed E-state index contributed by atoms with van der Waals surface area (Å²) in [5.41, 5.74) is 5.20. The van der Waals surface area contributed by atoms with Gasteiger partial charge in [-0.15, -0.1) is 0 Å². The van der Waals surface area contributed by atoms with Crippen molar-refractivity contribution >= 4 is 27.5 Å². The van der Waals surface area contributed by atoms with Crippen LogP contribution in [0.1, 0.15) is 27.6 Å². The minimum Gasteiger partial charge on any atom is -0.495 e. The number of hydrogen-bond donors (Lipinski definition) is 3. The van der Waals surface area contributed by atoms with Gasteiger partial charge in [0.1, 0.15) is 11.5 Å². The molecule has 2 amide bonds. The Bertz CT molecular complexity index is 1240. The van der Waals surface area contributed by atoms with E-state index in [0.717, 1.165) is 0 Å². The topological polar surface area (TPSA) is 123 Å². The number of carbonyl (C=O) groups excluding carboxylic acids is 2. The number of hydrazine groups is 1. The van der Waals surface area contributed by atoms with E-state index in [2.05, 4.69) is 15.6 Å². The molecule has 0 aliphatic rings. The van der Waals surface area contributed by atoms with E-state index >= 15 is 0 Å². The second-order valence-corrected chi connectivity index (χ2v) is 8.38. The molecule has 0 unspecified atom stereocenters. The normalized spacial score (nSPS) is 10.7. The number of benzene rings is 3. The van der Waals surface area contributed by atoms with Crippen molar-refractivity contribution in [1.29, 1.82) is 0 Å². The SMILES string of the molecule is CCOc1ccc(C(=O)NNC(=O)c2cccc(S(=O)(=O)Nc3ccccc3OC)c2)cc1. The molecule has 0 heterocycles. The van der Waals surface area contributed by atoms with Gasteiger partial charge in [-0.05, 0) is 61.5 Å². The smallest absolute Gasteiger partial charge is 0.269 e. The second-order valence-electron chi connectivity index (χ2n) is 6.70. The van der Waals surface area contributed by atoms with Crippen molar-refractivity contribution in [3.05, 3.63) is 83.9 Å². The highest BCUT2D eigenvalue weighted by Crippen LogP contribution is 2.26. The van der Waals surface area contributed by atoms with Crippen molar-refractivity contribution in [2.24, 2.45) is 0 Å². The van der Waals surface area contributed by atoms with E-state index in [1.54, 1.807) is 48.5 Å². The van der Waals surface area contributed by atoms with Gasteiger partial charge < -0.3 is 9.47 Å². The Balaban J connectivity index is 1.68. The maximum Gasteiger partial charge on any atom is 0.269 e. The molecule has 3 aromatic carbocycles. The van der Waals surface area contributed by atoms with Gasteiger partial charge in [0, 0.05) is 11.1 Å². The Morgan fingerprint density at radius 1 is 0.848 bits per heavy atom. The first-order chi connectivity index (χ1) is 15.8. The summed E-state index contributed by atoms with van der Waals surface area (Å²) in [7, 11) is -2.56. The molecule has 0 aliphatic heterocycles. The zero-order valence-electron chi connectivity index (χ0n) is 18.0. The number of sulfonamides is 1. The standard InChI is InChI=1S/C23H23N3O6S/c1-3-32-18-13-11-16(12-14-18)22(27)24-25-23(28)17-7-6-8-19(15-17)33(29,30)26-20-9-4-5-10-21(20)31-2/h4-15,26H,3H2,1-2H3,(H,24,27)(H,25,28). The zero-order valence-corrected chi connectivity index (χ0v) is 18.8. The highest BCUT2D eigenvalue weighted by Gasteiger charge is 2.18. The predicted octanol–water partition coefficient (Wildman–Crippen LogP) is 2.97. The molecule has 3 N–H and O–H groups in total. The molecule has 3 rings (SSSR count). The molecule has 0 bridgehead atoms. The Morgan fingerprint density at radius 2 is 1.52 bits per heavy atom. The number of anilines is 1. The number of nitrogens with one attached hydrogen (secondary N) is 3. The van der Waals surface area contributed by atoms with Crippen molar-refractivity contribution in [2.45, 2.75) is 11.8 Å². The summed E-state index contributed by atoms with van der Waals surface area (Å²) in [4.78, 5) is 24.6. The van der Waals surface area contributed by atoms with Crippen LogP contribution in [0.4, 0.5) is 5.69 Å². The van der Waals surface area contributed by atoms with Crippen LogP contribution in [-0.4, -0.2) is 33.9 Å². The molecule has 3 aromatic rings. The van der Waals surface area contributed by atoms with Gasteiger partial charge in [-0.2, -0.15) is 0 Å². The van der Waals surface area contributed by atoms with Crippen LogP contribution in [0.2, 0.25) is 0 Å². The first-order valence-corrected chi connectivity index (χ1v) is 11.4. The van der Waals surface area contributed by atoms with Crippen LogP contribution in [0, 0.1) is 0 Å². The third-order valence-electron chi connectivity index (χ3n) is 4.47. The molecule has 0 fully saturated rings. The number of para-hydroxylation sites is 2. The average Bonchev–Trinajstić information content (AvgIpc) is 2.83. The number of rotatable bonds is 8. The monoisotopic (exact) mass is 469 g/mol. The molecule has 172 valence electrons. The van der Waals surface area contributed by atoms with E-state index in [4.69, 9.17) is 9.47 Å². The maximum atomic E-state index is 12.8. The van der Waals surface area contributed by atoms with Gasteiger partial charge in [0.15, 0.2) is 0 Å². The van der Waals surface area contributed by atoms with Crippen molar-refractivity contribution in [2.75, 3.05) is 18.4 Å². The van der Waals surface area contributed by atoms with Crippen molar-refractivity contribution in [3.63, 3.8) is 0 Å². The lowest BCUT2D eigenvalue weighted by Crippen LogP contribution is -2.41. The van der Waals surface area contributed by atoms with Crippen molar-refractivity contribution in [1.82, 2.24) is 10.9 Å². The molecule has 0 saturated heterocycles. The largest absolute Gasteiger partial charge is 0.495 e. The van der Waals surface area contributed by atoms with Crippen LogP contribution in [0.25, 0.3) is 0 Å². The van der Waals surface area contributed by atoms with E-state index < -0.39 is 21.8 Å². The fourth-order valence-electron chi connectivity index (χ4n) is 2.86. The van der Waals surface area contributed by atoms with E-state index in [1.807, 2.05) is 6.92 Å². The number of methoxy groups -OCH3 is 1. The zero-order chi connectivity index (χ0) is 23.8. The van der Waals surface area contributed by atoms with Gasteiger partial charge in [0.25, 0.3) is 21.8 Å². The van der Waals surface area contributed by atoms with Crippen LogP contribution in [0.5, 0.6) is 11.5 Å². The summed E-state index contributed by atoms with van der Waals surface area (Å²) >= 11 is 0. The van der Waals surface area contributed by atoms with Gasteiger partial charge in [0.05, 0.1) is 24.3 Å². The highest BCUT2D eigenvalue weighted by atomic mass is 32.2. The lowest BCUT2D eigenvalue weighted by Gasteiger charge is -2.12. The minimum absolute atomic E-state index is 0.0462. The third-order valence-corrected chi connectivity index (χ3v) is 5.84. The molecular weight excluding hydrogens is 446 g/mol. The lowest BCUT2D eigenvalue weighted by atomic mass is 10.2. The number of amides is 2. The lowest BCUT2D eigenvalue weighted by molar-refractivity contribution is 0.0846. The molecule has 10 heteroatoms. The van der Waals surface area contributed by atoms with Crippen LogP contribution < -0.4 is 25.0 Å². The van der Waals surface area contributed by atoms with E-state index in [-0.39, 0.29) is 16.1 Å². The van der Waals surface area contributed by atoms with Gasteiger partial charge in [-0.3, -0.25) is 25.2 Å². The van der Waals surface area contributed by atoms with Crippen LogP contribution >= 0.6 is 0 Å². The molecule has 9 nitrogen and oxygen atoms in total. The van der Waals surface area contributed by atoms with Crippen molar-refractivity contribution in [3.8, 4) is 11.5 Å². The van der Waals surface area contributed by atoms with E-state index in [0.29, 0.717) is 23.7 Å². The molecule has 0 spiro atoms. The number of hydrogen-bond acceptors (Lipinski definition) is 6. The van der Waals surface area contributed by atoms with E-state index in [1.165, 1.54) is 31.4 Å². The van der Waals surface area contributed by atoms with Gasteiger partial charge in [-0.1, -0.05) is 18.2 Å². The molecule has 0 aromatic heterocycles. The summed E-state index contributed by atoms with van der Waals surface area (Å²) in [5.74, 6) is -0.235. The Labute approximate surface area is 191 Å². The summed E-state index contributed by atoms with van der Waals surface area (Å²) in [6.07, 6.45) is 0. The molecule has 0 saturated carbocycles. The summed E-state index contributed by atoms with van der Waals surface area (Å²) in [6.45, 7) is 2.36. The minimum atomic E-state index is -3.99. The number of ether oxygens (including phenoxy) is 2. The van der Waals surface area contributed by atoms with Crippen LogP contribution in [0.15, 0.2) is 77.7 Å². The van der Waals surface area contributed by atoms with Crippen molar-refractivity contribution < 1.29 is 27.5 Å². The molecule has 0 radical (unpaired) electrons. The molecule has 0 aliphatic carbocycles. The number of carbonyl (C=O) groups is 2. The third kappa shape index (κ3) is 6.01. The van der Waals surface area contributed by atoms with Crippen LogP contribution in [-0.2, 0) is 10.0 Å². The Hall–Kier alpha value is -4.05. The van der Waals surface area contributed by atoms with Crippen LogP contribution in [0.3, 0.4) is 0 Å². The molecule has 33 heavy (non-hydrogen) atoms. The summed E-state index contributed by atoms with van der Waals surface area (Å²) < 4.78 is 38.5. The fraction of sp³-hybridized carbons (Fsp3) is 0.130. The summed E-state index contributed by atoms with van der Waals surface area (Å²) in [5, 5.41) is 0. The van der Waals surface area contributed by atoms with Gasteiger partial charge >= 0.3 is 0 Å².